The van der Waals surface area contributed by atoms with Crippen molar-refractivity contribution < 1.29 is 14.3 Å². The third kappa shape index (κ3) is 3.60. The standard InChI is InChI=1S/C25H19Br2ClN2O3/c26-19-7-13(8-20(27)23(19)33-11-12-1-3-14(28)4-2-12)10-29-30-24(31)21-15-5-6-16(18-9-17(15)18)22(21)25(30)32/h1-8,10,15-18,21-22H,9,11H2/b29-10-/t15-,16-,17-,18+,21+,22+/m0/s1. The van der Waals surface area contributed by atoms with Crippen LogP contribution in [0.2, 0.25) is 5.02 Å². The maximum absolute atomic E-state index is 13.1. The van der Waals surface area contributed by atoms with E-state index in [1.165, 1.54) is 0 Å². The molecule has 0 N–H and O–H groups in total. The van der Waals surface area contributed by atoms with Crippen LogP contribution in [0.25, 0.3) is 0 Å². The molecule has 0 radical (unpaired) electrons. The minimum Gasteiger partial charge on any atom is -0.487 e. The summed E-state index contributed by atoms with van der Waals surface area (Å²) in [6.07, 6.45) is 7.03. The number of allylic oxidation sites excluding steroid dienone is 2. The average molecular weight is 591 g/mol. The van der Waals surface area contributed by atoms with E-state index in [4.69, 9.17) is 16.3 Å². The third-order valence-electron chi connectivity index (χ3n) is 7.28. The largest absolute Gasteiger partial charge is 0.487 e. The number of ether oxygens (including phenoxy) is 1. The molecular formula is C25H19Br2ClN2O3. The summed E-state index contributed by atoms with van der Waals surface area (Å²) >= 11 is 13.0. The molecule has 2 amide bonds. The van der Waals surface area contributed by atoms with E-state index in [9.17, 15) is 9.59 Å². The van der Waals surface area contributed by atoms with Crippen molar-refractivity contribution in [2.75, 3.05) is 0 Å². The van der Waals surface area contributed by atoms with Crippen molar-refractivity contribution in [3.05, 3.63) is 73.6 Å². The maximum Gasteiger partial charge on any atom is 0.254 e. The summed E-state index contributed by atoms with van der Waals surface area (Å²) in [6.45, 7) is 0.389. The maximum atomic E-state index is 13.1. The number of benzene rings is 2. The van der Waals surface area contributed by atoms with Crippen LogP contribution in [-0.2, 0) is 16.2 Å². The van der Waals surface area contributed by atoms with Gasteiger partial charge in [-0.2, -0.15) is 10.1 Å². The second kappa shape index (κ2) is 8.07. The van der Waals surface area contributed by atoms with Crippen LogP contribution in [0.3, 0.4) is 0 Å². The Morgan fingerprint density at radius 3 is 2.15 bits per heavy atom. The van der Waals surface area contributed by atoms with Crippen molar-refractivity contribution >= 4 is 61.5 Å². The fourth-order valence-electron chi connectivity index (χ4n) is 5.71. The number of hydrogen-bond acceptors (Lipinski definition) is 4. The lowest BCUT2D eigenvalue weighted by atomic mass is 9.63. The van der Waals surface area contributed by atoms with Crippen LogP contribution in [0.15, 0.2) is 62.6 Å². The van der Waals surface area contributed by atoms with E-state index in [1.54, 1.807) is 6.21 Å². The fraction of sp³-hybridized carbons (Fsp3) is 0.320. The van der Waals surface area contributed by atoms with Gasteiger partial charge >= 0.3 is 0 Å². The summed E-state index contributed by atoms with van der Waals surface area (Å²) in [6, 6.07) is 11.2. The number of hydrazone groups is 1. The van der Waals surface area contributed by atoms with Gasteiger partial charge in [0.2, 0.25) is 0 Å². The molecule has 2 aromatic rings. The van der Waals surface area contributed by atoms with Gasteiger partial charge in [0, 0.05) is 5.02 Å². The molecule has 1 aliphatic heterocycles. The summed E-state index contributed by atoms with van der Waals surface area (Å²) in [4.78, 5) is 26.1. The van der Waals surface area contributed by atoms with Crippen LogP contribution in [0.1, 0.15) is 17.5 Å². The van der Waals surface area contributed by atoms with Gasteiger partial charge in [-0.25, -0.2) is 0 Å². The van der Waals surface area contributed by atoms with Crippen LogP contribution < -0.4 is 4.74 Å². The lowest BCUT2D eigenvalue weighted by Gasteiger charge is -2.37. The molecule has 2 aromatic carbocycles. The monoisotopic (exact) mass is 588 g/mol. The first-order valence-corrected chi connectivity index (χ1v) is 12.8. The topological polar surface area (TPSA) is 59.0 Å². The smallest absolute Gasteiger partial charge is 0.254 e. The Labute approximate surface area is 213 Å². The molecule has 33 heavy (non-hydrogen) atoms. The number of rotatable bonds is 5. The first-order valence-electron chi connectivity index (χ1n) is 10.9. The lowest BCUT2D eigenvalue weighted by molar-refractivity contribution is -0.140. The number of amides is 2. The van der Waals surface area contributed by atoms with Gasteiger partial charge in [-0.3, -0.25) is 9.59 Å². The zero-order valence-corrected chi connectivity index (χ0v) is 21.3. The van der Waals surface area contributed by atoms with E-state index in [1.807, 2.05) is 36.4 Å². The highest BCUT2D eigenvalue weighted by atomic mass is 79.9. The Hall–Kier alpha value is -1.96. The number of imide groups is 1. The second-order valence-electron chi connectivity index (χ2n) is 9.12. The van der Waals surface area contributed by atoms with Crippen molar-refractivity contribution in [2.24, 2.45) is 40.6 Å². The molecule has 7 rings (SSSR count). The molecule has 2 saturated carbocycles. The minimum absolute atomic E-state index is 0.160. The normalized spacial score (nSPS) is 31.3. The average Bonchev–Trinajstić information content (AvgIpc) is 3.57. The Bertz CT molecular complexity index is 1170. The van der Waals surface area contributed by atoms with E-state index >= 15 is 0 Å². The first kappa shape index (κ1) is 21.6. The van der Waals surface area contributed by atoms with E-state index in [0.717, 1.165) is 31.5 Å². The molecule has 0 aromatic heterocycles. The Morgan fingerprint density at radius 1 is 1.00 bits per heavy atom. The van der Waals surface area contributed by atoms with Crippen molar-refractivity contribution in [2.45, 2.75) is 13.0 Å². The molecule has 0 unspecified atom stereocenters. The van der Waals surface area contributed by atoms with Crippen molar-refractivity contribution in [1.82, 2.24) is 5.01 Å². The number of carbonyl (C=O) groups excluding carboxylic acids is 2. The van der Waals surface area contributed by atoms with E-state index in [-0.39, 0.29) is 35.5 Å². The number of hydrogen-bond donors (Lipinski definition) is 0. The summed E-state index contributed by atoms with van der Waals surface area (Å²) in [5, 5.41) is 6.09. The van der Waals surface area contributed by atoms with E-state index < -0.39 is 0 Å². The molecule has 1 heterocycles. The molecule has 4 aliphatic carbocycles. The van der Waals surface area contributed by atoms with Gasteiger partial charge in [0.15, 0.2) is 0 Å². The molecule has 5 aliphatic rings. The van der Waals surface area contributed by atoms with Crippen molar-refractivity contribution in [3.8, 4) is 5.75 Å². The lowest BCUT2D eigenvalue weighted by Crippen LogP contribution is -2.40. The Morgan fingerprint density at radius 2 is 1.58 bits per heavy atom. The molecule has 2 bridgehead atoms. The van der Waals surface area contributed by atoms with Gasteiger partial charge in [-0.1, -0.05) is 35.9 Å². The Balaban J connectivity index is 1.18. The number of halogens is 3. The number of carbonyl (C=O) groups is 2. The van der Waals surface area contributed by atoms with E-state index in [0.29, 0.717) is 29.2 Å². The molecule has 8 heteroatoms. The van der Waals surface area contributed by atoms with Gasteiger partial charge < -0.3 is 4.74 Å². The van der Waals surface area contributed by atoms with Crippen LogP contribution in [0.5, 0.6) is 5.75 Å². The zero-order valence-electron chi connectivity index (χ0n) is 17.3. The van der Waals surface area contributed by atoms with Gasteiger partial charge in [-0.05, 0) is 97.3 Å². The van der Waals surface area contributed by atoms with Crippen LogP contribution in [0, 0.1) is 35.5 Å². The van der Waals surface area contributed by atoms with Gasteiger partial charge in [0.05, 0.1) is 27.0 Å². The highest BCUT2D eigenvalue weighted by molar-refractivity contribution is 9.11. The van der Waals surface area contributed by atoms with Gasteiger partial charge in [-0.15, -0.1) is 0 Å². The summed E-state index contributed by atoms with van der Waals surface area (Å²) in [5.41, 5.74) is 1.74. The van der Waals surface area contributed by atoms with E-state index in [2.05, 4.69) is 49.1 Å². The second-order valence-corrected chi connectivity index (χ2v) is 11.3. The fourth-order valence-corrected chi connectivity index (χ4v) is 7.28. The predicted molar refractivity (Wildman–Crippen MR) is 132 cm³/mol. The van der Waals surface area contributed by atoms with Crippen LogP contribution in [0.4, 0.5) is 0 Å². The number of nitrogens with zero attached hydrogens (tertiary/aromatic N) is 2. The molecule has 0 spiro atoms. The SMILES string of the molecule is O=C1[C@@H]2[C@H]3C=C[C@@H]([C@@H]4C[C@H]34)[C@H]2C(=O)N1/N=C\c1cc(Br)c(OCc2ccc(Cl)cc2)c(Br)c1. The highest BCUT2D eigenvalue weighted by Crippen LogP contribution is 2.65. The molecule has 3 fully saturated rings. The summed E-state index contributed by atoms with van der Waals surface area (Å²) in [7, 11) is 0. The first-order chi connectivity index (χ1) is 15.9. The van der Waals surface area contributed by atoms with Crippen molar-refractivity contribution in [3.63, 3.8) is 0 Å². The minimum atomic E-state index is -0.240. The van der Waals surface area contributed by atoms with Crippen LogP contribution >= 0.6 is 43.5 Å². The zero-order chi connectivity index (χ0) is 22.9. The van der Waals surface area contributed by atoms with Gasteiger partial charge in [0.1, 0.15) is 12.4 Å². The third-order valence-corrected chi connectivity index (χ3v) is 8.71. The summed E-state index contributed by atoms with van der Waals surface area (Å²) < 4.78 is 7.44. The molecule has 5 nitrogen and oxygen atoms in total. The Kier molecular flexibility index (Phi) is 5.27. The van der Waals surface area contributed by atoms with Gasteiger partial charge in [0.25, 0.3) is 11.8 Å². The highest BCUT2D eigenvalue weighted by Gasteiger charge is 2.67. The van der Waals surface area contributed by atoms with Crippen LogP contribution in [-0.4, -0.2) is 23.0 Å². The molecule has 6 atom stereocenters. The molecule has 168 valence electrons. The molecular weight excluding hydrogens is 572 g/mol. The quantitative estimate of drug-likeness (QED) is 0.250. The predicted octanol–water partition coefficient (Wildman–Crippen LogP) is 5.83. The molecule has 1 saturated heterocycles. The van der Waals surface area contributed by atoms with Crippen molar-refractivity contribution in [1.29, 1.82) is 0 Å². The summed E-state index contributed by atoms with van der Waals surface area (Å²) in [5.74, 6) is 1.40.